The van der Waals surface area contributed by atoms with Crippen molar-refractivity contribution in [1.82, 2.24) is 0 Å². The second kappa shape index (κ2) is 6.32. The Kier molecular flexibility index (Phi) is 4.72. The van der Waals surface area contributed by atoms with Crippen molar-refractivity contribution in [1.29, 1.82) is 0 Å². The van der Waals surface area contributed by atoms with E-state index in [4.69, 9.17) is 0 Å². The van der Waals surface area contributed by atoms with Crippen LogP contribution in [-0.2, 0) is 11.3 Å². The van der Waals surface area contributed by atoms with Gasteiger partial charge in [-0.3, -0.25) is 0 Å². The van der Waals surface area contributed by atoms with Crippen molar-refractivity contribution < 1.29 is 18.3 Å². The molecule has 0 bridgehead atoms. The molecule has 1 aromatic heterocycles. The molecule has 0 fully saturated rings. The van der Waals surface area contributed by atoms with E-state index in [1.807, 2.05) is 11.4 Å². The fourth-order valence-electron chi connectivity index (χ4n) is 1.58. The van der Waals surface area contributed by atoms with Gasteiger partial charge >= 0.3 is 5.97 Å². The molecule has 1 aromatic carbocycles. The minimum Gasteiger partial charge on any atom is -0.465 e. The molecule has 0 spiro atoms. The summed E-state index contributed by atoms with van der Waals surface area (Å²) in [7, 11) is 1.11. The first kappa shape index (κ1) is 14.9. The number of hydrogen-bond donors (Lipinski definition) is 1. The van der Waals surface area contributed by atoms with Crippen LogP contribution < -0.4 is 5.32 Å². The van der Waals surface area contributed by atoms with E-state index in [1.54, 1.807) is 0 Å². The van der Waals surface area contributed by atoms with Crippen LogP contribution in [0, 0.1) is 11.6 Å². The molecule has 2 rings (SSSR count). The molecule has 0 amide bonds. The molecule has 2 aromatic rings. The zero-order chi connectivity index (χ0) is 14.7. The normalized spacial score (nSPS) is 10.4. The molecular formula is C13H10BrF2NO2S. The lowest BCUT2D eigenvalue weighted by Crippen LogP contribution is -2.09. The largest absolute Gasteiger partial charge is 0.465 e. The second-order valence-electron chi connectivity index (χ2n) is 3.87. The summed E-state index contributed by atoms with van der Waals surface area (Å²) < 4.78 is 32.8. The molecule has 0 aliphatic heterocycles. The number of halogens is 3. The molecular weight excluding hydrogens is 352 g/mol. The Bertz CT molecular complexity index is 645. The number of esters is 1. The molecule has 0 aliphatic rings. The van der Waals surface area contributed by atoms with Crippen molar-refractivity contribution in [2.24, 2.45) is 0 Å². The van der Waals surface area contributed by atoms with Gasteiger partial charge in [-0.25, -0.2) is 13.6 Å². The topological polar surface area (TPSA) is 38.3 Å². The highest BCUT2D eigenvalue weighted by atomic mass is 79.9. The lowest BCUT2D eigenvalue weighted by molar-refractivity contribution is 0.0594. The van der Waals surface area contributed by atoms with E-state index < -0.39 is 23.2 Å². The number of methoxy groups -OCH3 is 1. The number of hydrogen-bond acceptors (Lipinski definition) is 4. The highest BCUT2D eigenvalue weighted by Gasteiger charge is 2.18. The minimum absolute atomic E-state index is 0.000300. The van der Waals surface area contributed by atoms with Crippen molar-refractivity contribution in [2.45, 2.75) is 6.54 Å². The second-order valence-corrected chi connectivity index (χ2v) is 5.78. The van der Waals surface area contributed by atoms with Crippen molar-refractivity contribution in [2.75, 3.05) is 12.4 Å². The maximum Gasteiger partial charge on any atom is 0.340 e. The van der Waals surface area contributed by atoms with Crippen LogP contribution in [0.2, 0.25) is 0 Å². The molecule has 106 valence electrons. The van der Waals surface area contributed by atoms with E-state index >= 15 is 0 Å². The SMILES string of the molecule is COC(=O)c1ccc(NCc2cc(Br)cs2)c(F)c1F. The Morgan fingerprint density at radius 1 is 1.40 bits per heavy atom. The molecule has 20 heavy (non-hydrogen) atoms. The molecule has 0 atom stereocenters. The summed E-state index contributed by atoms with van der Waals surface area (Å²) in [6.45, 7) is 0.365. The highest BCUT2D eigenvalue weighted by Crippen LogP contribution is 2.24. The van der Waals surface area contributed by atoms with E-state index in [9.17, 15) is 13.6 Å². The highest BCUT2D eigenvalue weighted by molar-refractivity contribution is 9.10. The molecule has 7 heteroatoms. The predicted molar refractivity (Wildman–Crippen MR) is 77.0 cm³/mol. The van der Waals surface area contributed by atoms with Gasteiger partial charge in [-0.2, -0.15) is 0 Å². The van der Waals surface area contributed by atoms with E-state index in [0.717, 1.165) is 16.5 Å². The van der Waals surface area contributed by atoms with Crippen LogP contribution in [0.1, 0.15) is 15.2 Å². The van der Waals surface area contributed by atoms with Crippen LogP contribution in [0.4, 0.5) is 14.5 Å². The van der Waals surface area contributed by atoms with Crippen molar-refractivity contribution >= 4 is 38.9 Å². The zero-order valence-electron chi connectivity index (χ0n) is 10.4. The summed E-state index contributed by atoms with van der Waals surface area (Å²) in [5.41, 5.74) is -0.422. The number of carbonyl (C=O) groups is 1. The smallest absolute Gasteiger partial charge is 0.340 e. The molecule has 0 unspecified atom stereocenters. The summed E-state index contributed by atoms with van der Waals surface area (Å²) in [5.74, 6) is -3.21. The maximum absolute atomic E-state index is 13.8. The van der Waals surface area contributed by atoms with Gasteiger partial charge in [0.1, 0.15) is 0 Å². The van der Waals surface area contributed by atoms with Crippen LogP contribution in [0.25, 0.3) is 0 Å². The van der Waals surface area contributed by atoms with Crippen LogP contribution in [0.5, 0.6) is 0 Å². The number of benzene rings is 1. The van der Waals surface area contributed by atoms with Gasteiger partial charge in [0.05, 0.1) is 18.4 Å². The van der Waals surface area contributed by atoms with Gasteiger partial charge < -0.3 is 10.1 Å². The van der Waals surface area contributed by atoms with Gasteiger partial charge in [0.25, 0.3) is 0 Å². The number of anilines is 1. The third kappa shape index (κ3) is 3.16. The van der Waals surface area contributed by atoms with Crippen molar-refractivity contribution in [3.63, 3.8) is 0 Å². The Balaban J connectivity index is 2.17. The summed E-state index contributed by atoms with van der Waals surface area (Å²) in [4.78, 5) is 12.2. The maximum atomic E-state index is 13.8. The summed E-state index contributed by atoms with van der Waals surface area (Å²) in [5, 5.41) is 4.69. The Labute approximate surface area is 126 Å². The molecule has 0 saturated carbocycles. The van der Waals surface area contributed by atoms with Gasteiger partial charge in [-0.05, 0) is 34.1 Å². The van der Waals surface area contributed by atoms with Crippen LogP contribution in [-0.4, -0.2) is 13.1 Å². The molecule has 0 aliphatic carbocycles. The van der Waals surface area contributed by atoms with E-state index in [0.29, 0.717) is 6.54 Å². The van der Waals surface area contributed by atoms with Crippen molar-refractivity contribution in [3.05, 3.63) is 50.1 Å². The molecule has 1 heterocycles. The van der Waals surface area contributed by atoms with E-state index in [2.05, 4.69) is 26.0 Å². The lowest BCUT2D eigenvalue weighted by atomic mass is 10.2. The Hall–Kier alpha value is -1.47. The van der Waals surface area contributed by atoms with Gasteiger partial charge in [-0.1, -0.05) is 0 Å². The fourth-order valence-corrected chi connectivity index (χ4v) is 2.97. The summed E-state index contributed by atoms with van der Waals surface area (Å²) >= 11 is 4.81. The molecule has 3 nitrogen and oxygen atoms in total. The third-order valence-corrected chi connectivity index (χ3v) is 4.26. The van der Waals surface area contributed by atoms with Crippen LogP contribution in [0.3, 0.4) is 0 Å². The fraction of sp³-hybridized carbons (Fsp3) is 0.154. The lowest BCUT2D eigenvalue weighted by Gasteiger charge is -2.09. The average molecular weight is 362 g/mol. The first-order valence-corrected chi connectivity index (χ1v) is 7.23. The Morgan fingerprint density at radius 3 is 2.75 bits per heavy atom. The molecule has 1 N–H and O–H groups in total. The predicted octanol–water partition coefficient (Wildman–Crippen LogP) is 4.19. The number of rotatable bonds is 4. The van der Waals surface area contributed by atoms with Crippen LogP contribution in [0.15, 0.2) is 28.1 Å². The molecule has 0 radical (unpaired) electrons. The summed E-state index contributed by atoms with van der Waals surface area (Å²) in [6, 6.07) is 4.39. The molecule has 0 saturated heterocycles. The van der Waals surface area contributed by atoms with E-state index in [-0.39, 0.29) is 5.69 Å². The van der Waals surface area contributed by atoms with Gasteiger partial charge in [-0.15, -0.1) is 11.3 Å². The number of ether oxygens (including phenoxy) is 1. The number of carbonyl (C=O) groups excluding carboxylic acids is 1. The van der Waals surface area contributed by atoms with E-state index in [1.165, 1.54) is 23.5 Å². The van der Waals surface area contributed by atoms with Gasteiger partial charge in [0.15, 0.2) is 11.6 Å². The first-order chi connectivity index (χ1) is 9.52. The quantitative estimate of drug-likeness (QED) is 0.829. The number of nitrogens with one attached hydrogen (secondary N) is 1. The summed E-state index contributed by atoms with van der Waals surface area (Å²) in [6.07, 6.45) is 0. The minimum atomic E-state index is -1.21. The van der Waals surface area contributed by atoms with Crippen molar-refractivity contribution in [3.8, 4) is 0 Å². The first-order valence-electron chi connectivity index (χ1n) is 5.56. The monoisotopic (exact) mass is 361 g/mol. The zero-order valence-corrected chi connectivity index (χ0v) is 12.8. The van der Waals surface area contributed by atoms with Crippen LogP contribution >= 0.6 is 27.3 Å². The van der Waals surface area contributed by atoms with Gasteiger partial charge in [0, 0.05) is 21.3 Å². The standard InChI is InChI=1S/C13H10BrF2NO2S/c1-19-13(18)9-2-3-10(12(16)11(9)15)17-5-8-4-7(14)6-20-8/h2-4,6,17H,5H2,1H3. The third-order valence-electron chi connectivity index (χ3n) is 2.56. The average Bonchev–Trinajstić information content (AvgIpc) is 2.85. The number of thiophene rings is 1. The van der Waals surface area contributed by atoms with Gasteiger partial charge in [0.2, 0.25) is 0 Å². The Morgan fingerprint density at radius 2 is 2.15 bits per heavy atom.